The fourth-order valence-electron chi connectivity index (χ4n) is 4.46. The molecule has 1 amide bonds. The van der Waals surface area contributed by atoms with Crippen LogP contribution < -0.4 is 0 Å². The Hall–Kier alpha value is -2.62. The van der Waals surface area contributed by atoms with Crippen LogP contribution in [0.4, 0.5) is 0 Å². The lowest BCUT2D eigenvalue weighted by Crippen LogP contribution is -2.41. The summed E-state index contributed by atoms with van der Waals surface area (Å²) in [6.07, 6.45) is 5.68. The van der Waals surface area contributed by atoms with Crippen molar-refractivity contribution >= 4 is 11.6 Å². The van der Waals surface area contributed by atoms with Crippen LogP contribution in [0.25, 0.3) is 5.65 Å². The fraction of sp³-hybridized carbons (Fsp3) is 0.364. The van der Waals surface area contributed by atoms with Crippen LogP contribution in [-0.4, -0.2) is 26.7 Å². The molecule has 4 nitrogen and oxygen atoms in total. The van der Waals surface area contributed by atoms with Crippen molar-refractivity contribution in [3.8, 4) is 0 Å². The van der Waals surface area contributed by atoms with Crippen molar-refractivity contribution in [1.82, 2.24) is 14.3 Å². The largest absolute Gasteiger partial charge is 0.338 e. The Kier molecular flexibility index (Phi) is 3.59. The van der Waals surface area contributed by atoms with Gasteiger partial charge in [-0.15, -0.1) is 0 Å². The molecule has 1 atom stereocenters. The minimum atomic E-state index is 0.0777. The standard InChI is InChI=1S/C22H23N3O/c1-15-8-11-25-20-13-17(6-7-19(20)23-21(25)12-15)22(26)24-10-9-16-4-2-3-5-18(16)14-24/h2-5,8,11-12,17H,6-7,9-10,13-14H2,1H3. The third-order valence-electron chi connectivity index (χ3n) is 5.92. The Morgan fingerprint density at radius 3 is 2.88 bits per heavy atom. The number of aromatic nitrogens is 2. The highest BCUT2D eigenvalue weighted by Gasteiger charge is 2.32. The topological polar surface area (TPSA) is 37.6 Å². The van der Waals surface area contributed by atoms with Gasteiger partial charge in [-0.25, -0.2) is 4.98 Å². The molecule has 0 fully saturated rings. The van der Waals surface area contributed by atoms with E-state index in [9.17, 15) is 4.79 Å². The van der Waals surface area contributed by atoms with E-state index in [0.29, 0.717) is 5.91 Å². The fourth-order valence-corrected chi connectivity index (χ4v) is 4.46. The van der Waals surface area contributed by atoms with Crippen molar-refractivity contribution in [3.05, 3.63) is 70.7 Å². The number of fused-ring (bicyclic) bond motifs is 4. The van der Waals surface area contributed by atoms with Crippen molar-refractivity contribution in [3.63, 3.8) is 0 Å². The highest BCUT2D eigenvalue weighted by molar-refractivity contribution is 5.80. The number of hydrogen-bond donors (Lipinski definition) is 0. The number of benzene rings is 1. The summed E-state index contributed by atoms with van der Waals surface area (Å²) in [4.78, 5) is 20.0. The number of hydrogen-bond acceptors (Lipinski definition) is 2. The van der Waals surface area contributed by atoms with E-state index in [1.54, 1.807) is 0 Å². The molecule has 3 heterocycles. The summed E-state index contributed by atoms with van der Waals surface area (Å²) in [6, 6.07) is 12.7. The first-order valence-electron chi connectivity index (χ1n) is 9.51. The predicted molar refractivity (Wildman–Crippen MR) is 101 cm³/mol. The van der Waals surface area contributed by atoms with E-state index < -0.39 is 0 Å². The zero-order chi connectivity index (χ0) is 17.7. The van der Waals surface area contributed by atoms with Crippen molar-refractivity contribution < 1.29 is 4.79 Å². The molecule has 0 spiro atoms. The minimum absolute atomic E-state index is 0.0777. The number of rotatable bonds is 1. The van der Waals surface area contributed by atoms with Crippen molar-refractivity contribution in [2.24, 2.45) is 5.92 Å². The van der Waals surface area contributed by atoms with E-state index in [-0.39, 0.29) is 5.92 Å². The summed E-state index contributed by atoms with van der Waals surface area (Å²) in [5.74, 6) is 0.390. The second kappa shape index (κ2) is 5.97. The molecule has 1 aliphatic carbocycles. The SMILES string of the molecule is Cc1ccn2c3c(nc2c1)CCC(C(=O)N1CCc2ccccc2C1)C3. The summed E-state index contributed by atoms with van der Waals surface area (Å²) >= 11 is 0. The Balaban J connectivity index is 1.39. The first-order valence-corrected chi connectivity index (χ1v) is 9.51. The van der Waals surface area contributed by atoms with Crippen molar-refractivity contribution in [2.75, 3.05) is 6.54 Å². The molecule has 1 aliphatic heterocycles. The van der Waals surface area contributed by atoms with E-state index in [0.717, 1.165) is 44.4 Å². The third-order valence-corrected chi connectivity index (χ3v) is 5.92. The molecule has 0 saturated carbocycles. The van der Waals surface area contributed by atoms with Gasteiger partial charge in [-0.2, -0.15) is 0 Å². The summed E-state index contributed by atoms with van der Waals surface area (Å²) in [7, 11) is 0. The lowest BCUT2D eigenvalue weighted by molar-refractivity contribution is -0.136. The van der Waals surface area contributed by atoms with E-state index >= 15 is 0 Å². The monoisotopic (exact) mass is 345 g/mol. The summed E-state index contributed by atoms with van der Waals surface area (Å²) < 4.78 is 2.17. The van der Waals surface area contributed by atoms with Crippen LogP contribution in [-0.2, 0) is 30.6 Å². The minimum Gasteiger partial charge on any atom is -0.338 e. The number of carbonyl (C=O) groups excluding carboxylic acids is 1. The molecular weight excluding hydrogens is 322 g/mol. The van der Waals surface area contributed by atoms with Gasteiger partial charge in [0.05, 0.1) is 5.69 Å². The molecule has 132 valence electrons. The predicted octanol–water partition coefficient (Wildman–Crippen LogP) is 3.33. The Labute approximate surface area is 153 Å². The van der Waals surface area contributed by atoms with Gasteiger partial charge in [-0.05, 0) is 55.0 Å². The van der Waals surface area contributed by atoms with Crippen LogP contribution in [0.1, 0.15) is 34.5 Å². The molecular formula is C22H23N3O. The maximum Gasteiger partial charge on any atom is 0.226 e. The number of aryl methyl sites for hydroxylation is 2. The van der Waals surface area contributed by atoms with Crippen LogP contribution in [0.2, 0.25) is 0 Å². The highest BCUT2D eigenvalue weighted by atomic mass is 16.2. The molecule has 26 heavy (non-hydrogen) atoms. The van der Waals surface area contributed by atoms with Gasteiger partial charge in [0, 0.05) is 37.3 Å². The van der Waals surface area contributed by atoms with Crippen LogP contribution in [0.5, 0.6) is 0 Å². The molecule has 1 unspecified atom stereocenters. The summed E-state index contributed by atoms with van der Waals surface area (Å²) in [5, 5.41) is 0. The molecule has 2 aliphatic rings. The van der Waals surface area contributed by atoms with Crippen LogP contribution in [0, 0.1) is 12.8 Å². The van der Waals surface area contributed by atoms with Crippen molar-refractivity contribution in [1.29, 1.82) is 0 Å². The molecule has 0 bridgehead atoms. The molecule has 0 radical (unpaired) electrons. The van der Waals surface area contributed by atoms with Gasteiger partial charge < -0.3 is 9.30 Å². The van der Waals surface area contributed by atoms with E-state index in [4.69, 9.17) is 4.98 Å². The van der Waals surface area contributed by atoms with Gasteiger partial charge in [-0.3, -0.25) is 4.79 Å². The lowest BCUT2D eigenvalue weighted by Gasteiger charge is -2.33. The first kappa shape index (κ1) is 15.6. The molecule has 0 saturated heterocycles. The third kappa shape index (κ3) is 2.52. The zero-order valence-electron chi connectivity index (χ0n) is 15.1. The lowest BCUT2D eigenvalue weighted by atomic mass is 9.87. The number of nitrogens with zero attached hydrogens (tertiary/aromatic N) is 3. The maximum absolute atomic E-state index is 13.2. The quantitative estimate of drug-likeness (QED) is 0.678. The molecule has 4 heteroatoms. The van der Waals surface area contributed by atoms with Gasteiger partial charge in [0.2, 0.25) is 5.91 Å². The molecule has 3 aromatic rings. The molecule has 5 rings (SSSR count). The van der Waals surface area contributed by atoms with E-state index in [1.165, 1.54) is 28.1 Å². The van der Waals surface area contributed by atoms with Gasteiger partial charge >= 0.3 is 0 Å². The highest BCUT2D eigenvalue weighted by Crippen LogP contribution is 2.29. The number of pyridine rings is 1. The Morgan fingerprint density at radius 2 is 2.00 bits per heavy atom. The molecule has 1 aromatic carbocycles. The van der Waals surface area contributed by atoms with Crippen LogP contribution in [0.3, 0.4) is 0 Å². The smallest absolute Gasteiger partial charge is 0.226 e. The number of amides is 1. The van der Waals surface area contributed by atoms with Gasteiger partial charge in [-0.1, -0.05) is 24.3 Å². The van der Waals surface area contributed by atoms with E-state index in [2.05, 4.69) is 58.8 Å². The van der Waals surface area contributed by atoms with Gasteiger partial charge in [0.15, 0.2) is 0 Å². The number of carbonyl (C=O) groups is 1. The second-order valence-corrected chi connectivity index (χ2v) is 7.66. The van der Waals surface area contributed by atoms with Gasteiger partial charge in [0.25, 0.3) is 0 Å². The summed E-state index contributed by atoms with van der Waals surface area (Å²) in [5.41, 5.74) is 7.31. The average molecular weight is 345 g/mol. The average Bonchev–Trinajstić information content (AvgIpc) is 3.03. The normalized spacial score (nSPS) is 19.3. The van der Waals surface area contributed by atoms with Crippen LogP contribution >= 0.6 is 0 Å². The van der Waals surface area contributed by atoms with E-state index in [1.807, 2.05) is 0 Å². The van der Waals surface area contributed by atoms with Crippen molar-refractivity contribution in [2.45, 2.75) is 39.2 Å². The molecule has 0 N–H and O–H groups in total. The number of imidazole rings is 1. The Morgan fingerprint density at radius 1 is 1.15 bits per heavy atom. The zero-order valence-corrected chi connectivity index (χ0v) is 15.1. The maximum atomic E-state index is 13.2. The van der Waals surface area contributed by atoms with Crippen LogP contribution in [0.15, 0.2) is 42.6 Å². The van der Waals surface area contributed by atoms with Gasteiger partial charge in [0.1, 0.15) is 5.65 Å². The second-order valence-electron chi connectivity index (χ2n) is 7.66. The summed E-state index contributed by atoms with van der Waals surface area (Å²) in [6.45, 7) is 3.68. The Bertz CT molecular complexity index is 1000. The first-order chi connectivity index (χ1) is 12.7. The molecule has 2 aromatic heterocycles.